The van der Waals surface area contributed by atoms with Crippen molar-refractivity contribution in [1.29, 1.82) is 0 Å². The lowest BCUT2D eigenvalue weighted by molar-refractivity contribution is 0.0701. The van der Waals surface area contributed by atoms with Gasteiger partial charge in [-0.15, -0.1) is 5.10 Å². The summed E-state index contributed by atoms with van der Waals surface area (Å²) in [4.78, 5) is 13.8. The Hall–Kier alpha value is -1.94. The molecule has 0 unspecified atom stereocenters. The molecule has 0 bridgehead atoms. The van der Waals surface area contributed by atoms with Gasteiger partial charge in [0.2, 0.25) is 0 Å². The molecule has 1 aliphatic rings. The standard InChI is InChI=1S/C15H15F2N3O3S2/c1-25(22,23)15-13(18-19-24-15)9-5-7-20(8-6-9)14(21)12-10(16)3-2-4-11(12)17/h2-4,9H,5-8H2,1H3. The highest BCUT2D eigenvalue weighted by Gasteiger charge is 2.32. The predicted molar refractivity (Wildman–Crippen MR) is 87.3 cm³/mol. The van der Waals surface area contributed by atoms with Crippen molar-refractivity contribution >= 4 is 27.3 Å². The minimum Gasteiger partial charge on any atom is -0.338 e. The van der Waals surface area contributed by atoms with Crippen molar-refractivity contribution < 1.29 is 22.0 Å². The number of aromatic nitrogens is 2. The zero-order valence-electron chi connectivity index (χ0n) is 13.3. The third-order valence-corrected chi connectivity index (χ3v) is 6.72. The molecular weight excluding hydrogens is 372 g/mol. The molecule has 0 atom stereocenters. The molecule has 134 valence electrons. The van der Waals surface area contributed by atoms with Gasteiger partial charge in [0.15, 0.2) is 14.0 Å². The van der Waals surface area contributed by atoms with E-state index >= 15 is 0 Å². The van der Waals surface area contributed by atoms with E-state index in [1.54, 1.807) is 0 Å². The summed E-state index contributed by atoms with van der Waals surface area (Å²) in [5.41, 5.74) is -0.148. The molecule has 3 rings (SSSR count). The van der Waals surface area contributed by atoms with E-state index in [2.05, 4.69) is 9.59 Å². The van der Waals surface area contributed by atoms with Crippen LogP contribution < -0.4 is 0 Å². The normalized spacial score (nSPS) is 16.2. The molecule has 2 heterocycles. The average molecular weight is 387 g/mol. The Labute approximate surface area is 147 Å². The van der Waals surface area contributed by atoms with Gasteiger partial charge in [0.1, 0.15) is 17.2 Å². The van der Waals surface area contributed by atoms with Crippen molar-refractivity contribution in [2.45, 2.75) is 23.0 Å². The van der Waals surface area contributed by atoms with E-state index in [1.807, 2.05) is 0 Å². The molecule has 1 saturated heterocycles. The van der Waals surface area contributed by atoms with Gasteiger partial charge < -0.3 is 4.90 Å². The average Bonchev–Trinajstić information content (AvgIpc) is 3.04. The van der Waals surface area contributed by atoms with Crippen LogP contribution in [0.2, 0.25) is 0 Å². The van der Waals surface area contributed by atoms with Crippen LogP contribution in [0.25, 0.3) is 0 Å². The fourth-order valence-corrected chi connectivity index (χ4v) is 4.64. The van der Waals surface area contributed by atoms with Gasteiger partial charge in [0.05, 0.1) is 5.69 Å². The lowest BCUT2D eigenvalue weighted by atomic mass is 9.94. The number of nitrogens with zero attached hydrogens (tertiary/aromatic N) is 3. The molecule has 25 heavy (non-hydrogen) atoms. The Balaban J connectivity index is 1.75. The zero-order chi connectivity index (χ0) is 18.2. The molecule has 1 amide bonds. The summed E-state index contributed by atoms with van der Waals surface area (Å²) >= 11 is 0.829. The van der Waals surface area contributed by atoms with Gasteiger partial charge in [-0.25, -0.2) is 17.2 Å². The van der Waals surface area contributed by atoms with E-state index in [0.29, 0.717) is 18.5 Å². The maximum absolute atomic E-state index is 13.8. The van der Waals surface area contributed by atoms with Gasteiger partial charge in [0, 0.05) is 36.8 Å². The summed E-state index contributed by atoms with van der Waals surface area (Å²) in [6.45, 7) is 0.524. The first-order valence-electron chi connectivity index (χ1n) is 7.54. The Bertz CT molecular complexity index is 886. The second-order valence-corrected chi connectivity index (χ2v) is 8.85. The van der Waals surface area contributed by atoms with Crippen molar-refractivity contribution in [2.24, 2.45) is 0 Å². The fourth-order valence-electron chi connectivity index (χ4n) is 2.91. The largest absolute Gasteiger partial charge is 0.338 e. The first-order valence-corrected chi connectivity index (χ1v) is 10.2. The highest BCUT2D eigenvalue weighted by atomic mass is 32.2. The van der Waals surface area contributed by atoms with Gasteiger partial charge in [-0.3, -0.25) is 4.79 Å². The van der Waals surface area contributed by atoms with Crippen molar-refractivity contribution in [1.82, 2.24) is 14.5 Å². The predicted octanol–water partition coefficient (Wildman–Crippen LogP) is 2.24. The van der Waals surface area contributed by atoms with E-state index in [1.165, 1.54) is 11.0 Å². The Morgan fingerprint density at radius 1 is 1.24 bits per heavy atom. The summed E-state index contributed by atoms with van der Waals surface area (Å²) < 4.78 is 54.9. The molecule has 0 N–H and O–H groups in total. The quantitative estimate of drug-likeness (QED) is 0.807. The van der Waals surface area contributed by atoms with Crippen molar-refractivity contribution in [3.63, 3.8) is 0 Å². The maximum Gasteiger partial charge on any atom is 0.259 e. The van der Waals surface area contributed by atoms with Crippen LogP contribution >= 0.6 is 11.5 Å². The summed E-state index contributed by atoms with van der Waals surface area (Å²) in [5, 5.41) is 3.93. The van der Waals surface area contributed by atoms with Crippen LogP contribution in [-0.2, 0) is 9.84 Å². The number of carbonyl (C=O) groups excluding carboxylic acids is 1. The number of hydrogen-bond acceptors (Lipinski definition) is 6. The molecule has 0 saturated carbocycles. The van der Waals surface area contributed by atoms with Crippen LogP contribution in [0.5, 0.6) is 0 Å². The van der Waals surface area contributed by atoms with Gasteiger partial charge in [-0.05, 0) is 25.0 Å². The van der Waals surface area contributed by atoms with Crippen LogP contribution in [0.1, 0.15) is 34.8 Å². The number of hydrogen-bond donors (Lipinski definition) is 0. The fraction of sp³-hybridized carbons (Fsp3) is 0.400. The smallest absolute Gasteiger partial charge is 0.259 e. The molecule has 6 nitrogen and oxygen atoms in total. The molecular formula is C15H15F2N3O3S2. The third kappa shape index (κ3) is 3.54. The van der Waals surface area contributed by atoms with Crippen molar-refractivity contribution in [2.75, 3.05) is 19.3 Å². The minimum atomic E-state index is -3.41. The first-order chi connectivity index (χ1) is 11.8. The number of carbonyl (C=O) groups is 1. The topological polar surface area (TPSA) is 80.2 Å². The van der Waals surface area contributed by atoms with E-state index in [-0.39, 0.29) is 23.2 Å². The lowest BCUT2D eigenvalue weighted by Gasteiger charge is -2.31. The van der Waals surface area contributed by atoms with Crippen LogP contribution in [0.3, 0.4) is 0 Å². The number of likely N-dealkylation sites (tertiary alicyclic amines) is 1. The SMILES string of the molecule is CS(=O)(=O)c1snnc1C1CCN(C(=O)c2c(F)cccc2F)CC1. The number of sulfone groups is 1. The summed E-state index contributed by atoms with van der Waals surface area (Å²) in [6, 6.07) is 3.29. The number of amides is 1. The van der Waals surface area contributed by atoms with Gasteiger partial charge in [-0.2, -0.15) is 0 Å². The summed E-state index contributed by atoms with van der Waals surface area (Å²) in [6.07, 6.45) is 2.01. The second-order valence-electron chi connectivity index (χ2n) is 5.88. The van der Waals surface area contributed by atoms with Gasteiger partial charge in [0.25, 0.3) is 5.91 Å². The minimum absolute atomic E-state index is 0.137. The lowest BCUT2D eigenvalue weighted by Crippen LogP contribution is -2.39. The van der Waals surface area contributed by atoms with Gasteiger partial charge in [-0.1, -0.05) is 10.6 Å². The van der Waals surface area contributed by atoms with E-state index < -0.39 is 32.9 Å². The summed E-state index contributed by atoms with van der Waals surface area (Å²) in [7, 11) is -3.41. The molecule has 1 aromatic heterocycles. The second kappa shape index (κ2) is 6.75. The molecule has 0 aliphatic carbocycles. The number of piperidine rings is 1. The van der Waals surface area contributed by atoms with Crippen LogP contribution in [0, 0.1) is 11.6 Å². The van der Waals surface area contributed by atoms with Crippen molar-refractivity contribution in [3.05, 3.63) is 41.1 Å². The monoisotopic (exact) mass is 387 g/mol. The van der Waals surface area contributed by atoms with Crippen LogP contribution in [0.15, 0.2) is 22.4 Å². The highest BCUT2D eigenvalue weighted by molar-refractivity contribution is 7.92. The highest BCUT2D eigenvalue weighted by Crippen LogP contribution is 2.33. The molecule has 10 heteroatoms. The van der Waals surface area contributed by atoms with Crippen LogP contribution in [0.4, 0.5) is 8.78 Å². The molecule has 2 aromatic rings. The Morgan fingerprint density at radius 3 is 2.40 bits per heavy atom. The number of benzene rings is 1. The van der Waals surface area contributed by atoms with Gasteiger partial charge >= 0.3 is 0 Å². The molecule has 0 radical (unpaired) electrons. The molecule has 1 aliphatic heterocycles. The molecule has 0 spiro atoms. The third-order valence-electron chi connectivity index (χ3n) is 4.16. The molecule has 1 fully saturated rings. The molecule has 1 aromatic carbocycles. The van der Waals surface area contributed by atoms with E-state index in [9.17, 15) is 22.0 Å². The van der Waals surface area contributed by atoms with Crippen LogP contribution in [-0.4, -0.2) is 48.2 Å². The van der Waals surface area contributed by atoms with Crippen molar-refractivity contribution in [3.8, 4) is 0 Å². The summed E-state index contributed by atoms with van der Waals surface area (Å²) in [5.74, 6) is -2.64. The Kier molecular flexibility index (Phi) is 4.83. The number of rotatable bonds is 3. The first kappa shape index (κ1) is 17.9. The van der Waals surface area contributed by atoms with E-state index in [4.69, 9.17) is 0 Å². The van der Waals surface area contributed by atoms with E-state index in [0.717, 1.165) is 29.9 Å². The number of halogens is 2. The zero-order valence-corrected chi connectivity index (χ0v) is 14.9. The maximum atomic E-state index is 13.8. The Morgan fingerprint density at radius 2 is 1.84 bits per heavy atom.